The van der Waals surface area contributed by atoms with Gasteiger partial charge in [0.2, 0.25) is 0 Å². The van der Waals surface area contributed by atoms with E-state index in [1.54, 1.807) is 24.3 Å². The number of nitrogens with one attached hydrogen (secondary N) is 5. The van der Waals surface area contributed by atoms with Crippen LogP contribution in [0.3, 0.4) is 0 Å². The minimum absolute atomic E-state index is 0.0144. The molecule has 4 heterocycles. The molecular formula is C42H39N13O7. The molecule has 0 radical (unpaired) electrons. The van der Waals surface area contributed by atoms with Crippen molar-refractivity contribution in [2.75, 3.05) is 18.8 Å². The van der Waals surface area contributed by atoms with E-state index >= 15 is 0 Å². The highest BCUT2D eigenvalue weighted by Gasteiger charge is 2.21. The molecule has 20 nitrogen and oxygen atoms in total. The zero-order chi connectivity index (χ0) is 43.6. The number of carboxylic acid groups (broad SMARTS) is 1. The van der Waals surface area contributed by atoms with Gasteiger partial charge >= 0.3 is 5.97 Å². The summed E-state index contributed by atoms with van der Waals surface area (Å²) in [5, 5.41) is 60.7. The molecule has 9 rings (SSSR count). The van der Waals surface area contributed by atoms with Crippen LogP contribution in [0.2, 0.25) is 0 Å². The Labute approximate surface area is 350 Å². The van der Waals surface area contributed by atoms with Crippen LogP contribution in [-0.4, -0.2) is 92.6 Å². The minimum Gasteiger partial charge on any atom is -0.478 e. The molecule has 10 N–H and O–H groups in total. The number of carbonyl (C=O) groups excluding carboxylic acids is 1. The standard InChI is InChI=1S/C20H21N5O2.C15H12N4O3.C7H6N4O2/c26-20(25-11-5-2-6-12-25)14-9-10-17-16(13-14)18(23-22-17)19(24-27)21-15-7-3-1-4-8-15;20-15(21)9-6-7-12-11(8-9)13(18-17-12)14(19-22)16-10-4-2-1-3-5-10;8-7-5-3-4(11(12)13)1-2-6(5)9-10-7/h1,3-4,7-10,13,27H,2,5-6,11-12H2,(H,21,24)(H,22,23);1-8,22H,(H,16,19)(H,17,18)(H,20,21);1-3H,(H3,8,9,10). The number of nitro groups is 1. The number of para-hydroxylation sites is 2. The number of aromatic carboxylic acids is 1. The molecule has 0 unspecified atom stereocenters. The van der Waals surface area contributed by atoms with Gasteiger partial charge in [0.25, 0.3) is 11.6 Å². The van der Waals surface area contributed by atoms with Crippen LogP contribution in [0.5, 0.6) is 0 Å². The van der Waals surface area contributed by atoms with Crippen LogP contribution in [-0.2, 0) is 0 Å². The fraction of sp³-hybridized carbons (Fsp3) is 0.119. The van der Waals surface area contributed by atoms with E-state index in [2.05, 4.69) is 46.1 Å². The average molecular weight is 838 g/mol. The van der Waals surface area contributed by atoms with Crippen LogP contribution >= 0.6 is 0 Å². The van der Waals surface area contributed by atoms with Crippen LogP contribution in [0, 0.1) is 10.1 Å². The van der Waals surface area contributed by atoms with Gasteiger partial charge in [0.05, 0.1) is 43.8 Å². The lowest BCUT2D eigenvalue weighted by atomic mass is 10.1. The predicted octanol–water partition coefficient (Wildman–Crippen LogP) is 6.62. The molecule has 5 aromatic carbocycles. The van der Waals surface area contributed by atoms with Gasteiger partial charge in [0.15, 0.2) is 17.5 Å². The fourth-order valence-electron chi connectivity index (χ4n) is 6.60. The number of benzene rings is 5. The molecule has 20 heteroatoms. The normalized spacial score (nSPS) is 12.9. The minimum atomic E-state index is -1.03. The van der Waals surface area contributed by atoms with Crippen molar-refractivity contribution in [1.29, 1.82) is 0 Å². The zero-order valence-corrected chi connectivity index (χ0v) is 32.7. The van der Waals surface area contributed by atoms with E-state index in [1.807, 2.05) is 77.1 Å². The molecule has 0 saturated carbocycles. The molecule has 0 bridgehead atoms. The van der Waals surface area contributed by atoms with E-state index in [9.17, 15) is 30.1 Å². The molecule has 1 fully saturated rings. The Bertz CT molecular complexity index is 2920. The first kappa shape index (κ1) is 41.7. The Balaban J connectivity index is 0.000000148. The van der Waals surface area contributed by atoms with E-state index in [4.69, 9.17) is 10.8 Å². The Morgan fingerprint density at radius 2 is 1.15 bits per heavy atom. The van der Waals surface area contributed by atoms with Gasteiger partial charge in [0, 0.05) is 41.6 Å². The lowest BCUT2D eigenvalue weighted by molar-refractivity contribution is -0.384. The number of non-ortho nitro benzene ring substituents is 1. The molecule has 8 aromatic rings. The number of nitrogens with zero attached hydrogens (tertiary/aromatic N) is 7. The average Bonchev–Trinajstić information content (AvgIpc) is 4.04. The first-order chi connectivity index (χ1) is 30.1. The number of amidine groups is 2. The quantitative estimate of drug-likeness (QED) is 0.0353. The molecule has 0 atom stereocenters. The number of anilines is 1. The number of piperidine rings is 1. The molecule has 3 aromatic heterocycles. The number of nitrogen functional groups attached to an aromatic ring is 1. The van der Waals surface area contributed by atoms with Crippen molar-refractivity contribution in [2.24, 2.45) is 9.98 Å². The summed E-state index contributed by atoms with van der Waals surface area (Å²) >= 11 is 0. The maximum Gasteiger partial charge on any atom is 0.335 e. The van der Waals surface area contributed by atoms with E-state index in [0.29, 0.717) is 50.1 Å². The van der Waals surface area contributed by atoms with Gasteiger partial charge in [-0.1, -0.05) is 36.4 Å². The number of nitro benzene ring substituents is 1. The van der Waals surface area contributed by atoms with E-state index < -0.39 is 10.9 Å². The second-order valence-electron chi connectivity index (χ2n) is 13.7. The van der Waals surface area contributed by atoms with Gasteiger partial charge in [-0.25, -0.2) is 14.8 Å². The third kappa shape index (κ3) is 9.52. The van der Waals surface area contributed by atoms with Crippen molar-refractivity contribution >= 4 is 79.1 Å². The molecule has 1 aliphatic heterocycles. The fourth-order valence-corrected chi connectivity index (χ4v) is 6.60. The number of aliphatic imine (C=N–C) groups is 2. The maximum absolute atomic E-state index is 12.8. The van der Waals surface area contributed by atoms with Gasteiger partial charge in [-0.15, -0.1) is 0 Å². The predicted molar refractivity (Wildman–Crippen MR) is 231 cm³/mol. The summed E-state index contributed by atoms with van der Waals surface area (Å²) in [4.78, 5) is 44.4. The summed E-state index contributed by atoms with van der Waals surface area (Å²) < 4.78 is 0. The topological polar surface area (TPSA) is 302 Å². The number of amides is 1. The number of hydrogen-bond acceptors (Lipinski definition) is 12. The summed E-state index contributed by atoms with van der Waals surface area (Å²) in [6.45, 7) is 1.60. The molecule has 314 valence electrons. The van der Waals surface area contributed by atoms with Gasteiger partial charge in [-0.2, -0.15) is 15.3 Å². The SMILES string of the molecule is Nc1n[nH]c2ccc([N+](=O)[O-])cc12.O=C(O)c1ccc2[nH]nc(C(=Nc3ccccc3)NO)c2c1.O=C(c1ccc2[nH]nc(C(=Nc3ccccc3)NO)c2c1)N1CCCCC1. The summed E-state index contributed by atoms with van der Waals surface area (Å²) in [7, 11) is 0. The van der Waals surface area contributed by atoms with Crippen LogP contribution in [0.1, 0.15) is 51.4 Å². The largest absolute Gasteiger partial charge is 0.478 e. The number of carboxylic acids is 1. The number of H-pyrrole nitrogens is 3. The van der Waals surface area contributed by atoms with Crippen LogP contribution in [0.15, 0.2) is 125 Å². The van der Waals surface area contributed by atoms with Crippen molar-refractivity contribution in [3.63, 3.8) is 0 Å². The van der Waals surface area contributed by atoms with E-state index in [0.717, 1.165) is 36.8 Å². The van der Waals surface area contributed by atoms with Gasteiger partial charge < -0.3 is 15.7 Å². The summed E-state index contributed by atoms with van der Waals surface area (Å²) in [6, 6.07) is 32.7. The summed E-state index contributed by atoms with van der Waals surface area (Å²) in [5.74, 6) is -0.386. The second kappa shape index (κ2) is 19.1. The first-order valence-corrected chi connectivity index (χ1v) is 19.1. The molecule has 62 heavy (non-hydrogen) atoms. The van der Waals surface area contributed by atoms with Gasteiger partial charge in [-0.3, -0.25) is 51.6 Å². The van der Waals surface area contributed by atoms with Gasteiger partial charge in [-0.05, 0) is 86.0 Å². The van der Waals surface area contributed by atoms with Crippen molar-refractivity contribution in [3.05, 3.63) is 148 Å². The van der Waals surface area contributed by atoms with E-state index in [-0.39, 0.29) is 34.6 Å². The molecule has 1 aliphatic rings. The smallest absolute Gasteiger partial charge is 0.335 e. The Hall–Kier alpha value is -8.49. The molecule has 1 saturated heterocycles. The maximum atomic E-state index is 12.8. The highest BCUT2D eigenvalue weighted by Crippen LogP contribution is 2.25. The lowest BCUT2D eigenvalue weighted by Gasteiger charge is -2.26. The summed E-state index contributed by atoms with van der Waals surface area (Å²) in [6.07, 6.45) is 3.27. The number of nitrogens with two attached hydrogens (primary N) is 1. The zero-order valence-electron chi connectivity index (χ0n) is 32.7. The van der Waals surface area contributed by atoms with Crippen molar-refractivity contribution in [3.8, 4) is 0 Å². The van der Waals surface area contributed by atoms with Crippen molar-refractivity contribution in [2.45, 2.75) is 19.3 Å². The summed E-state index contributed by atoms with van der Waals surface area (Å²) in [5.41, 5.74) is 14.6. The highest BCUT2D eigenvalue weighted by molar-refractivity contribution is 6.10. The van der Waals surface area contributed by atoms with Crippen LogP contribution in [0.25, 0.3) is 32.7 Å². The third-order valence-electron chi connectivity index (χ3n) is 9.70. The Morgan fingerprint density at radius 3 is 1.66 bits per heavy atom. The van der Waals surface area contributed by atoms with Crippen molar-refractivity contribution < 1.29 is 30.0 Å². The number of hydrogen-bond donors (Lipinski definition) is 9. The molecular weight excluding hydrogens is 799 g/mol. The number of carbonyl (C=O) groups is 2. The molecule has 1 amide bonds. The van der Waals surface area contributed by atoms with Crippen LogP contribution < -0.4 is 16.7 Å². The van der Waals surface area contributed by atoms with Gasteiger partial charge in [0.1, 0.15) is 11.4 Å². The monoisotopic (exact) mass is 837 g/mol. The Morgan fingerprint density at radius 1 is 0.661 bits per heavy atom. The number of hydroxylamine groups is 2. The van der Waals surface area contributed by atoms with E-state index in [1.165, 1.54) is 30.7 Å². The number of aromatic nitrogens is 6. The number of aromatic amines is 3. The first-order valence-electron chi connectivity index (χ1n) is 19.1. The second-order valence-corrected chi connectivity index (χ2v) is 13.7. The number of fused-ring (bicyclic) bond motifs is 3. The van der Waals surface area contributed by atoms with Crippen LogP contribution in [0.4, 0.5) is 22.9 Å². The number of likely N-dealkylation sites (tertiary alicyclic amines) is 1. The van der Waals surface area contributed by atoms with Crippen molar-refractivity contribution in [1.82, 2.24) is 46.5 Å². The molecule has 0 spiro atoms. The highest BCUT2D eigenvalue weighted by atomic mass is 16.6. The Kier molecular flexibility index (Phi) is 12.8. The third-order valence-corrected chi connectivity index (χ3v) is 9.70. The number of rotatable bonds is 7. The molecule has 0 aliphatic carbocycles. The lowest BCUT2D eigenvalue weighted by Crippen LogP contribution is -2.35.